The van der Waals surface area contributed by atoms with Crippen LogP contribution in [0.1, 0.15) is 25.7 Å². The number of para-hydroxylation sites is 1. The highest BCUT2D eigenvalue weighted by Crippen LogP contribution is 2.48. The number of rotatable bonds is 4. The molecule has 26 heavy (non-hydrogen) atoms. The molecule has 0 radical (unpaired) electrons. The van der Waals surface area contributed by atoms with Crippen molar-refractivity contribution < 1.29 is 4.21 Å². The minimum Gasteiger partial charge on any atom is -0.340 e. The van der Waals surface area contributed by atoms with E-state index in [1.54, 1.807) is 18.0 Å². The number of likely N-dealkylation sites (tertiary alicyclic amines) is 1. The lowest BCUT2D eigenvalue weighted by molar-refractivity contribution is 0.178. The first-order valence-electron chi connectivity index (χ1n) is 9.35. The van der Waals surface area contributed by atoms with Crippen LogP contribution in [0.15, 0.2) is 57.2 Å². The number of hydrogen-bond acceptors (Lipinski definition) is 4. The van der Waals surface area contributed by atoms with Crippen molar-refractivity contribution >= 4 is 33.9 Å². The molecule has 0 saturated carbocycles. The Bertz CT molecular complexity index is 823. The second kappa shape index (κ2) is 7.75. The van der Waals surface area contributed by atoms with Crippen LogP contribution in [0.4, 0.5) is 11.4 Å². The molecule has 3 nitrogen and oxygen atoms in total. The van der Waals surface area contributed by atoms with Crippen molar-refractivity contribution in [2.45, 2.75) is 46.4 Å². The van der Waals surface area contributed by atoms with Gasteiger partial charge in [0.05, 0.1) is 11.4 Å². The average molecular weight is 387 g/mol. The highest BCUT2D eigenvalue weighted by molar-refractivity contribution is 7.99. The van der Waals surface area contributed by atoms with Crippen molar-refractivity contribution in [3.63, 3.8) is 0 Å². The Hall–Kier alpha value is -1.30. The molecule has 2 aliphatic rings. The van der Waals surface area contributed by atoms with E-state index in [0.29, 0.717) is 6.04 Å². The summed E-state index contributed by atoms with van der Waals surface area (Å²) < 4.78 is 11.9. The van der Waals surface area contributed by atoms with Gasteiger partial charge in [0.15, 0.2) is 0 Å². The second-order valence-electron chi connectivity index (χ2n) is 7.22. The van der Waals surface area contributed by atoms with E-state index in [4.69, 9.17) is 0 Å². The molecule has 2 aromatic carbocycles. The number of benzene rings is 2. The smallest absolute Gasteiger partial charge is 0.0553 e. The molecule has 5 heteroatoms. The van der Waals surface area contributed by atoms with Gasteiger partial charge in [-0.25, -0.2) is 0 Å². The van der Waals surface area contributed by atoms with E-state index in [1.165, 1.54) is 53.4 Å². The second-order valence-corrected chi connectivity index (χ2v) is 9.69. The summed E-state index contributed by atoms with van der Waals surface area (Å²) in [7, 11) is 1.32. The molecule has 0 bridgehead atoms. The van der Waals surface area contributed by atoms with Crippen molar-refractivity contribution in [1.29, 1.82) is 0 Å². The summed E-state index contributed by atoms with van der Waals surface area (Å²) in [5.41, 5.74) is 2.55. The molecule has 2 heterocycles. The molecule has 2 aliphatic heterocycles. The maximum Gasteiger partial charge on any atom is 0.0553 e. The number of piperidine rings is 1. The zero-order chi connectivity index (χ0) is 18.1. The third kappa shape index (κ3) is 3.57. The summed E-state index contributed by atoms with van der Waals surface area (Å²) in [5.74, 6) is 0. The molecule has 0 spiro atoms. The summed E-state index contributed by atoms with van der Waals surface area (Å²) in [6, 6.07) is 15.6. The number of anilines is 2. The molecule has 0 aromatic heterocycles. The highest BCUT2D eigenvalue weighted by atomic mass is 32.2. The fourth-order valence-electron chi connectivity index (χ4n) is 4.02. The minimum absolute atomic E-state index is 0.677. The first kappa shape index (κ1) is 18.1. The van der Waals surface area contributed by atoms with E-state index in [0.717, 1.165) is 11.4 Å². The predicted molar refractivity (Wildman–Crippen MR) is 111 cm³/mol. The Morgan fingerprint density at radius 3 is 2.73 bits per heavy atom. The fraction of sp³-hybridized carbons (Fsp3) is 0.429. The minimum atomic E-state index is -0.947. The third-order valence-corrected chi connectivity index (χ3v) is 7.57. The van der Waals surface area contributed by atoms with Crippen LogP contribution in [0.3, 0.4) is 0 Å². The van der Waals surface area contributed by atoms with E-state index in [2.05, 4.69) is 53.2 Å². The van der Waals surface area contributed by atoms with Gasteiger partial charge in [-0.3, -0.25) is 4.21 Å². The molecule has 0 amide bonds. The lowest BCUT2D eigenvalue weighted by atomic mass is 9.99. The Morgan fingerprint density at radius 1 is 1.12 bits per heavy atom. The molecule has 1 saturated heterocycles. The third-order valence-electron chi connectivity index (χ3n) is 5.54. The maximum atomic E-state index is 11.9. The maximum absolute atomic E-state index is 11.9. The summed E-state index contributed by atoms with van der Waals surface area (Å²) in [6.45, 7) is 2.24. The molecule has 2 unspecified atom stereocenters. The van der Waals surface area contributed by atoms with E-state index < -0.39 is 10.8 Å². The largest absolute Gasteiger partial charge is 0.340 e. The number of hydrogen-bond donors (Lipinski definition) is 0. The molecule has 0 N–H and O–H groups in total. The molecular weight excluding hydrogens is 360 g/mol. The SMILES string of the molecule is CN1CCCCC1CCN1c2ccccc2Sc2cc(S(C)=O)ccc21. The Balaban J connectivity index is 1.64. The van der Waals surface area contributed by atoms with Crippen molar-refractivity contribution in [2.75, 3.05) is 31.3 Å². The normalized spacial score (nSPS) is 21.2. The van der Waals surface area contributed by atoms with Gasteiger partial charge in [0, 0.05) is 44.3 Å². The van der Waals surface area contributed by atoms with Crippen LogP contribution in [0, 0.1) is 0 Å². The van der Waals surface area contributed by atoms with Gasteiger partial charge in [0.1, 0.15) is 0 Å². The Kier molecular flexibility index (Phi) is 5.39. The zero-order valence-corrected chi connectivity index (χ0v) is 17.1. The summed E-state index contributed by atoms with van der Waals surface area (Å²) in [6.07, 6.45) is 6.91. The van der Waals surface area contributed by atoms with Crippen LogP contribution in [0.2, 0.25) is 0 Å². The lowest BCUT2D eigenvalue weighted by Gasteiger charge is -2.37. The van der Waals surface area contributed by atoms with E-state index in [9.17, 15) is 4.21 Å². The van der Waals surface area contributed by atoms with Crippen LogP contribution in [-0.2, 0) is 10.8 Å². The van der Waals surface area contributed by atoms with Crippen LogP contribution >= 0.6 is 11.8 Å². The summed E-state index contributed by atoms with van der Waals surface area (Å²) >= 11 is 1.79. The van der Waals surface area contributed by atoms with Gasteiger partial charge in [0.25, 0.3) is 0 Å². The van der Waals surface area contributed by atoms with Crippen LogP contribution in [-0.4, -0.2) is 41.5 Å². The zero-order valence-electron chi connectivity index (χ0n) is 15.5. The van der Waals surface area contributed by atoms with Gasteiger partial charge in [-0.1, -0.05) is 30.3 Å². The highest BCUT2D eigenvalue weighted by Gasteiger charge is 2.26. The summed E-state index contributed by atoms with van der Waals surface area (Å²) in [4.78, 5) is 8.40. The number of fused-ring (bicyclic) bond motifs is 2. The Labute approximate surface area is 163 Å². The predicted octanol–water partition coefficient (Wildman–Crippen LogP) is 4.90. The molecule has 0 aliphatic carbocycles. The van der Waals surface area contributed by atoms with Gasteiger partial charge in [-0.05, 0) is 63.2 Å². The van der Waals surface area contributed by atoms with Gasteiger partial charge in [-0.15, -0.1) is 0 Å². The van der Waals surface area contributed by atoms with E-state index >= 15 is 0 Å². The molecule has 2 atom stereocenters. The van der Waals surface area contributed by atoms with Crippen molar-refractivity contribution in [3.05, 3.63) is 42.5 Å². The molecule has 2 aromatic rings. The number of nitrogens with zero attached hydrogens (tertiary/aromatic N) is 2. The van der Waals surface area contributed by atoms with Crippen LogP contribution < -0.4 is 4.90 Å². The van der Waals surface area contributed by atoms with Crippen LogP contribution in [0.5, 0.6) is 0 Å². The van der Waals surface area contributed by atoms with Crippen molar-refractivity contribution in [1.82, 2.24) is 4.90 Å². The van der Waals surface area contributed by atoms with Crippen molar-refractivity contribution in [3.8, 4) is 0 Å². The van der Waals surface area contributed by atoms with Crippen LogP contribution in [0.25, 0.3) is 0 Å². The standard InChI is InChI=1S/C21H26N2OS2/c1-22-13-6-5-7-16(22)12-14-23-18-8-3-4-9-20(18)25-21-15-17(26(2)24)10-11-19(21)23/h3-4,8-11,15-16H,5-7,12-14H2,1-2H3. The summed E-state index contributed by atoms with van der Waals surface area (Å²) in [5, 5.41) is 0. The van der Waals surface area contributed by atoms with E-state index in [1.807, 2.05) is 6.07 Å². The first-order valence-corrected chi connectivity index (χ1v) is 11.7. The van der Waals surface area contributed by atoms with Gasteiger partial charge < -0.3 is 9.80 Å². The molecular formula is C21H26N2OS2. The fourth-order valence-corrected chi connectivity index (χ4v) is 5.77. The molecule has 1 fully saturated rings. The van der Waals surface area contributed by atoms with Gasteiger partial charge in [0.2, 0.25) is 0 Å². The molecule has 138 valence electrons. The van der Waals surface area contributed by atoms with E-state index in [-0.39, 0.29) is 0 Å². The monoisotopic (exact) mass is 386 g/mol. The lowest BCUT2D eigenvalue weighted by Crippen LogP contribution is -2.38. The topological polar surface area (TPSA) is 23.6 Å². The van der Waals surface area contributed by atoms with Crippen molar-refractivity contribution in [2.24, 2.45) is 0 Å². The Morgan fingerprint density at radius 2 is 1.92 bits per heavy atom. The molecule has 4 rings (SSSR count). The van der Waals surface area contributed by atoms with Gasteiger partial charge in [-0.2, -0.15) is 0 Å². The quantitative estimate of drug-likeness (QED) is 0.745. The first-order chi connectivity index (χ1) is 12.6. The average Bonchev–Trinajstić information content (AvgIpc) is 2.65. The van der Waals surface area contributed by atoms with Gasteiger partial charge >= 0.3 is 0 Å².